The van der Waals surface area contributed by atoms with Crippen LogP contribution in [0.15, 0.2) is 11.8 Å². The Balaban J connectivity index is 3.28. The first-order chi connectivity index (χ1) is 13.9. The van der Waals surface area contributed by atoms with Gasteiger partial charge in [-0.25, -0.2) is 4.79 Å². The summed E-state index contributed by atoms with van der Waals surface area (Å²) in [6, 6.07) is 0.635. The molecule has 0 spiro atoms. The van der Waals surface area contributed by atoms with Gasteiger partial charge in [0, 0.05) is 6.04 Å². The van der Waals surface area contributed by atoms with E-state index in [1.165, 1.54) is 6.08 Å². The minimum absolute atomic E-state index is 0.330. The molecule has 1 fully saturated rings. The summed E-state index contributed by atoms with van der Waals surface area (Å²) in [5.41, 5.74) is -0.598. The van der Waals surface area contributed by atoms with Gasteiger partial charge in [0.25, 0.3) is 0 Å². The number of hydrogen-bond donors (Lipinski definition) is 1. The highest BCUT2D eigenvalue weighted by Gasteiger charge is 2.52. The molecule has 0 atom stereocenters. The molecular formula is C21H46O6Si4. The van der Waals surface area contributed by atoms with Gasteiger partial charge in [0.1, 0.15) is 5.60 Å². The summed E-state index contributed by atoms with van der Waals surface area (Å²) < 4.78 is 26.3. The number of ether oxygens (including phenoxy) is 1. The smallest absolute Gasteiger partial charge is 0.469 e. The Labute approximate surface area is 194 Å². The first-order valence-electron chi connectivity index (χ1n) is 11.6. The summed E-state index contributed by atoms with van der Waals surface area (Å²) in [7, 11) is -8.88. The second-order valence-electron chi connectivity index (χ2n) is 11.6. The van der Waals surface area contributed by atoms with Gasteiger partial charge in [-0.15, -0.1) is 0 Å². The largest absolute Gasteiger partial charge is 0.502 e. The van der Waals surface area contributed by atoms with Gasteiger partial charge >= 0.3 is 14.8 Å². The number of aliphatic hydroxyl groups is 1. The van der Waals surface area contributed by atoms with E-state index in [0.717, 1.165) is 32.1 Å². The van der Waals surface area contributed by atoms with Gasteiger partial charge in [-0.3, -0.25) is 0 Å². The lowest BCUT2D eigenvalue weighted by atomic mass is 9.82. The molecule has 1 rings (SSSR count). The lowest BCUT2D eigenvalue weighted by Gasteiger charge is -2.45. The first kappa shape index (κ1) is 28.8. The molecule has 0 bridgehead atoms. The van der Waals surface area contributed by atoms with Crippen LogP contribution in [0.5, 0.6) is 0 Å². The molecule has 182 valence electrons. The topological polar surface area (TPSA) is 74.2 Å². The standard InChI is InChI=1S/C21H46O6Si4/c1-11-19(22)20(23)24-21(15-13-12-14-16-21)17-18-31(25-28(2,3)4,26-29(5,6)7)27-30(8,9)10/h11,22H,12-18H2,1-10H3. The molecule has 0 aromatic carbocycles. The monoisotopic (exact) mass is 506 g/mol. The van der Waals surface area contributed by atoms with Gasteiger partial charge < -0.3 is 22.2 Å². The van der Waals surface area contributed by atoms with Crippen molar-refractivity contribution in [3.8, 4) is 0 Å². The first-order valence-corrected chi connectivity index (χ1v) is 23.7. The molecule has 1 aliphatic carbocycles. The number of esters is 1. The Kier molecular flexibility index (Phi) is 10.0. The van der Waals surface area contributed by atoms with E-state index in [0.29, 0.717) is 12.5 Å². The third kappa shape index (κ3) is 11.0. The predicted molar refractivity (Wildman–Crippen MR) is 137 cm³/mol. The summed E-state index contributed by atoms with van der Waals surface area (Å²) in [5, 5.41) is 9.90. The number of rotatable bonds is 11. The Morgan fingerprint density at radius 1 is 0.839 bits per heavy atom. The van der Waals surface area contributed by atoms with E-state index < -0.39 is 45.3 Å². The van der Waals surface area contributed by atoms with Crippen molar-refractivity contribution in [3.63, 3.8) is 0 Å². The third-order valence-corrected chi connectivity index (χ3v) is 16.8. The number of aliphatic hydroxyl groups excluding tert-OH is 1. The van der Waals surface area contributed by atoms with Crippen molar-refractivity contribution in [2.75, 3.05) is 0 Å². The molecule has 10 heteroatoms. The summed E-state index contributed by atoms with van der Waals surface area (Å²) in [6.07, 6.45) is 6.78. The molecule has 1 aliphatic rings. The van der Waals surface area contributed by atoms with Crippen LogP contribution in [-0.4, -0.2) is 50.4 Å². The SMILES string of the molecule is CC=C(O)C(=O)OC1(CC[Si](O[Si](C)(C)C)(O[Si](C)(C)C)O[Si](C)(C)C)CCCCC1. The van der Waals surface area contributed by atoms with Crippen LogP contribution in [0.4, 0.5) is 0 Å². The van der Waals surface area contributed by atoms with Crippen LogP contribution < -0.4 is 0 Å². The zero-order valence-corrected chi connectivity index (χ0v) is 25.5. The minimum Gasteiger partial charge on any atom is -0.502 e. The fraction of sp³-hybridized carbons (Fsp3) is 0.857. The predicted octanol–water partition coefficient (Wildman–Crippen LogP) is 6.58. The quantitative estimate of drug-likeness (QED) is 0.148. The van der Waals surface area contributed by atoms with E-state index in [-0.39, 0.29) is 5.76 Å². The molecular weight excluding hydrogens is 461 g/mol. The van der Waals surface area contributed by atoms with E-state index in [1.807, 2.05) is 0 Å². The highest BCUT2D eigenvalue weighted by Crippen LogP contribution is 2.40. The second kappa shape index (κ2) is 10.8. The van der Waals surface area contributed by atoms with Crippen LogP contribution in [-0.2, 0) is 21.9 Å². The molecule has 0 saturated heterocycles. The molecule has 0 aromatic rings. The second-order valence-corrected chi connectivity index (χ2v) is 28.6. The number of carbonyl (C=O) groups excluding carboxylic acids is 1. The zero-order valence-electron chi connectivity index (χ0n) is 21.5. The van der Waals surface area contributed by atoms with E-state index >= 15 is 0 Å². The van der Waals surface area contributed by atoms with Crippen LogP contribution in [0, 0.1) is 0 Å². The van der Waals surface area contributed by atoms with E-state index in [1.54, 1.807) is 6.92 Å². The lowest BCUT2D eigenvalue weighted by molar-refractivity contribution is -0.162. The van der Waals surface area contributed by atoms with Crippen molar-refractivity contribution < 1.29 is 27.0 Å². The normalized spacial score (nSPS) is 18.7. The maximum absolute atomic E-state index is 12.5. The fourth-order valence-corrected chi connectivity index (χ4v) is 18.8. The van der Waals surface area contributed by atoms with Gasteiger partial charge in [-0.2, -0.15) is 0 Å². The highest BCUT2D eigenvalue weighted by atomic mass is 28.5. The third-order valence-electron chi connectivity index (χ3n) is 4.83. The number of hydrogen-bond acceptors (Lipinski definition) is 6. The van der Waals surface area contributed by atoms with Gasteiger partial charge in [-0.1, -0.05) is 6.42 Å². The molecule has 0 aliphatic heterocycles. The van der Waals surface area contributed by atoms with Crippen molar-refractivity contribution in [1.29, 1.82) is 0 Å². The van der Waals surface area contributed by atoms with Crippen LogP contribution in [0.1, 0.15) is 45.4 Å². The Morgan fingerprint density at radius 3 is 1.61 bits per heavy atom. The Bertz CT molecular complexity index is 584. The van der Waals surface area contributed by atoms with Crippen molar-refractivity contribution in [2.45, 2.75) is 116 Å². The lowest BCUT2D eigenvalue weighted by Crippen LogP contribution is -2.61. The van der Waals surface area contributed by atoms with Crippen LogP contribution >= 0.6 is 0 Å². The van der Waals surface area contributed by atoms with Gasteiger partial charge in [0.05, 0.1) is 0 Å². The van der Waals surface area contributed by atoms with E-state index in [4.69, 9.17) is 17.1 Å². The van der Waals surface area contributed by atoms with Crippen molar-refractivity contribution >= 4 is 39.7 Å². The fourth-order valence-electron chi connectivity index (χ4n) is 3.96. The summed E-state index contributed by atoms with van der Waals surface area (Å²) in [5.74, 6) is -0.969. The summed E-state index contributed by atoms with van der Waals surface area (Å²) >= 11 is 0. The molecule has 0 aromatic heterocycles. The minimum atomic E-state index is -3.00. The molecule has 31 heavy (non-hydrogen) atoms. The van der Waals surface area contributed by atoms with Crippen LogP contribution in [0.25, 0.3) is 0 Å². The molecule has 0 amide bonds. The number of carbonyl (C=O) groups is 1. The van der Waals surface area contributed by atoms with E-state index in [9.17, 15) is 9.90 Å². The molecule has 0 heterocycles. The zero-order chi connectivity index (χ0) is 24.1. The maximum atomic E-state index is 12.5. The molecule has 0 radical (unpaired) electrons. The molecule has 0 unspecified atom stereocenters. The van der Waals surface area contributed by atoms with E-state index in [2.05, 4.69) is 58.9 Å². The van der Waals surface area contributed by atoms with Gasteiger partial charge in [-0.05, 0) is 104 Å². The molecule has 1 N–H and O–H groups in total. The van der Waals surface area contributed by atoms with Gasteiger partial charge in [0.2, 0.25) is 0 Å². The Morgan fingerprint density at radius 2 is 1.26 bits per heavy atom. The van der Waals surface area contributed by atoms with Gasteiger partial charge in [0.15, 0.2) is 30.7 Å². The van der Waals surface area contributed by atoms with Crippen molar-refractivity contribution in [2.24, 2.45) is 0 Å². The summed E-state index contributed by atoms with van der Waals surface area (Å²) in [4.78, 5) is 12.5. The average molecular weight is 507 g/mol. The maximum Gasteiger partial charge on any atom is 0.469 e. The van der Waals surface area contributed by atoms with Crippen molar-refractivity contribution in [1.82, 2.24) is 0 Å². The highest BCUT2D eigenvalue weighted by molar-refractivity contribution is 6.90. The van der Waals surface area contributed by atoms with Crippen LogP contribution in [0.3, 0.4) is 0 Å². The summed E-state index contributed by atoms with van der Waals surface area (Å²) in [6.45, 7) is 21.2. The molecule has 6 nitrogen and oxygen atoms in total. The number of allylic oxidation sites excluding steroid dienone is 1. The Hall–Kier alpha value is -0.242. The average Bonchev–Trinajstić information content (AvgIpc) is 2.55. The molecule has 1 saturated carbocycles. The van der Waals surface area contributed by atoms with Crippen LogP contribution in [0.2, 0.25) is 65.0 Å². The van der Waals surface area contributed by atoms with Crippen molar-refractivity contribution in [3.05, 3.63) is 11.8 Å².